The maximum Gasteiger partial charge on any atom is 0.416 e. The summed E-state index contributed by atoms with van der Waals surface area (Å²) in [6, 6.07) is 12.3. The van der Waals surface area contributed by atoms with Gasteiger partial charge in [-0.25, -0.2) is 0 Å². The second-order valence-corrected chi connectivity index (χ2v) is 11.5. The number of unbranched alkanes of at least 4 members (excludes halogenated alkanes) is 1. The number of alkyl halides is 3. The Bertz CT molecular complexity index is 1130. The second kappa shape index (κ2) is 14.8. The van der Waals surface area contributed by atoms with E-state index < -0.39 is 23.3 Å². The Morgan fingerprint density at radius 3 is 2.32 bits per heavy atom. The zero-order chi connectivity index (χ0) is 30.0. The minimum atomic E-state index is -4.39. The smallest absolute Gasteiger partial charge is 0.332 e. The van der Waals surface area contributed by atoms with Crippen molar-refractivity contribution in [2.24, 2.45) is 11.3 Å². The van der Waals surface area contributed by atoms with Gasteiger partial charge in [0.2, 0.25) is 5.91 Å². The largest absolute Gasteiger partial charge is 0.416 e. The number of carbonyl (C=O) groups excluding carboxylic acids is 2. The maximum absolute atomic E-state index is 13.6. The molecule has 1 unspecified atom stereocenters. The number of rotatable bonds is 14. The van der Waals surface area contributed by atoms with Gasteiger partial charge in [-0.1, -0.05) is 69.9 Å². The number of amides is 2. The monoisotopic (exact) mass is 574 g/mol. The van der Waals surface area contributed by atoms with Crippen molar-refractivity contribution in [2.75, 3.05) is 32.1 Å². The number of nitrogens with one attached hydrogen (secondary N) is 3. The van der Waals surface area contributed by atoms with Crippen LogP contribution in [0.5, 0.6) is 0 Å². The highest BCUT2D eigenvalue weighted by molar-refractivity contribution is 5.99. The molecule has 0 radical (unpaired) electrons. The highest BCUT2D eigenvalue weighted by atomic mass is 19.4. The predicted molar refractivity (Wildman–Crippen MR) is 158 cm³/mol. The fraction of sp³-hybridized carbons (Fsp3) is 0.562. The first kappa shape index (κ1) is 32.6. The molecule has 0 heterocycles. The SMILES string of the molecule is CCCCC(C)CNCC1(C(=O)N[C@@H](NC)C(=O)N(C)c2ccccc2Cc2ccc(C(F)(F)F)cc2)CCCC1. The summed E-state index contributed by atoms with van der Waals surface area (Å²) in [4.78, 5) is 28.7. The quantitative estimate of drug-likeness (QED) is 0.246. The van der Waals surface area contributed by atoms with Gasteiger partial charge in [-0.05, 0) is 74.5 Å². The Labute approximate surface area is 242 Å². The Balaban J connectivity index is 1.68. The van der Waals surface area contributed by atoms with Crippen LogP contribution in [0.4, 0.5) is 18.9 Å². The number of halogens is 3. The number of carbonyl (C=O) groups is 2. The fourth-order valence-electron chi connectivity index (χ4n) is 5.62. The van der Waals surface area contributed by atoms with Crippen LogP contribution in [0.3, 0.4) is 0 Å². The van der Waals surface area contributed by atoms with E-state index in [-0.39, 0.29) is 11.8 Å². The topological polar surface area (TPSA) is 73.5 Å². The third-order valence-electron chi connectivity index (χ3n) is 8.22. The summed E-state index contributed by atoms with van der Waals surface area (Å²) in [5, 5.41) is 9.47. The number of hydrogen-bond acceptors (Lipinski definition) is 4. The first-order valence-corrected chi connectivity index (χ1v) is 14.7. The zero-order valence-electron chi connectivity index (χ0n) is 24.7. The molecule has 9 heteroatoms. The predicted octanol–water partition coefficient (Wildman–Crippen LogP) is 5.90. The fourth-order valence-corrected chi connectivity index (χ4v) is 5.62. The molecule has 2 aromatic carbocycles. The molecule has 1 aliphatic carbocycles. The van der Waals surface area contributed by atoms with Crippen LogP contribution in [0.25, 0.3) is 0 Å². The molecule has 1 saturated carbocycles. The lowest BCUT2D eigenvalue weighted by Crippen LogP contribution is -2.58. The molecule has 2 amide bonds. The summed E-state index contributed by atoms with van der Waals surface area (Å²) in [5.74, 6) is 0.0947. The molecule has 6 nitrogen and oxygen atoms in total. The molecule has 0 aromatic heterocycles. The first-order valence-electron chi connectivity index (χ1n) is 14.7. The summed E-state index contributed by atoms with van der Waals surface area (Å²) < 4.78 is 38.9. The Hall–Kier alpha value is -2.91. The van der Waals surface area contributed by atoms with E-state index in [4.69, 9.17) is 0 Å². The molecule has 1 fully saturated rings. The molecule has 226 valence electrons. The normalized spacial score (nSPS) is 16.3. The number of anilines is 1. The van der Waals surface area contributed by atoms with Crippen molar-refractivity contribution in [3.63, 3.8) is 0 Å². The van der Waals surface area contributed by atoms with Gasteiger partial charge in [-0.3, -0.25) is 14.9 Å². The number of nitrogens with zero attached hydrogens (tertiary/aromatic N) is 1. The lowest BCUT2D eigenvalue weighted by Gasteiger charge is -2.32. The van der Waals surface area contributed by atoms with Crippen molar-refractivity contribution in [1.29, 1.82) is 0 Å². The Morgan fingerprint density at radius 2 is 1.71 bits per heavy atom. The van der Waals surface area contributed by atoms with E-state index in [9.17, 15) is 22.8 Å². The van der Waals surface area contributed by atoms with E-state index in [1.165, 1.54) is 29.9 Å². The summed E-state index contributed by atoms with van der Waals surface area (Å²) in [6.07, 6.45) is 2.09. The minimum absolute atomic E-state index is 0.122. The van der Waals surface area contributed by atoms with Crippen LogP contribution < -0.4 is 20.9 Å². The number of hydrogen-bond donors (Lipinski definition) is 3. The average Bonchev–Trinajstić information content (AvgIpc) is 3.44. The molecule has 2 aromatic rings. The van der Waals surface area contributed by atoms with Crippen LogP contribution in [0.15, 0.2) is 48.5 Å². The van der Waals surface area contributed by atoms with Crippen LogP contribution in [-0.4, -0.2) is 45.2 Å². The van der Waals surface area contributed by atoms with Gasteiger partial charge in [-0.15, -0.1) is 0 Å². The standard InChI is InChI=1S/C32H45F3N4O2/c1-5-6-11-23(2)21-37-22-31(18-9-10-19-31)30(41)38-28(36-3)29(40)39(4)27-13-8-7-12-25(27)20-24-14-16-26(17-15-24)32(33,34)35/h7-8,12-17,23,28,36-37H,5-6,9-11,18-22H2,1-4H3,(H,38,41)/t23?,28-/m1/s1. The van der Waals surface area contributed by atoms with Gasteiger partial charge < -0.3 is 15.5 Å². The van der Waals surface area contributed by atoms with Crippen LogP contribution >= 0.6 is 0 Å². The second-order valence-electron chi connectivity index (χ2n) is 11.5. The van der Waals surface area contributed by atoms with Gasteiger partial charge in [0.1, 0.15) is 0 Å². The van der Waals surface area contributed by atoms with Crippen LogP contribution in [0, 0.1) is 11.3 Å². The van der Waals surface area contributed by atoms with Crippen molar-refractivity contribution in [3.8, 4) is 0 Å². The minimum Gasteiger partial charge on any atom is -0.332 e. The van der Waals surface area contributed by atoms with Gasteiger partial charge >= 0.3 is 6.18 Å². The molecule has 0 bridgehead atoms. The first-order chi connectivity index (χ1) is 19.5. The molecule has 0 spiro atoms. The average molecular weight is 575 g/mol. The number of benzene rings is 2. The summed E-state index contributed by atoms with van der Waals surface area (Å²) >= 11 is 0. The van der Waals surface area contributed by atoms with E-state index >= 15 is 0 Å². The van der Waals surface area contributed by atoms with Crippen LogP contribution in [0.2, 0.25) is 0 Å². The van der Waals surface area contributed by atoms with Crippen molar-refractivity contribution >= 4 is 17.5 Å². The molecule has 41 heavy (non-hydrogen) atoms. The number of likely N-dealkylation sites (N-methyl/N-ethyl adjacent to an activating group) is 2. The lowest BCUT2D eigenvalue weighted by atomic mass is 9.84. The highest BCUT2D eigenvalue weighted by Gasteiger charge is 2.42. The van der Waals surface area contributed by atoms with Gasteiger partial charge in [0, 0.05) is 19.3 Å². The molecule has 2 atom stereocenters. The van der Waals surface area contributed by atoms with Gasteiger partial charge in [0.15, 0.2) is 6.17 Å². The van der Waals surface area contributed by atoms with E-state index in [2.05, 4.69) is 29.8 Å². The van der Waals surface area contributed by atoms with Crippen molar-refractivity contribution < 1.29 is 22.8 Å². The Kier molecular flexibility index (Phi) is 11.8. The number of para-hydroxylation sites is 1. The van der Waals surface area contributed by atoms with Crippen LogP contribution in [-0.2, 0) is 22.2 Å². The summed E-state index contributed by atoms with van der Waals surface area (Å²) in [7, 11) is 3.29. The van der Waals surface area contributed by atoms with Gasteiger partial charge in [-0.2, -0.15) is 13.2 Å². The van der Waals surface area contributed by atoms with Crippen molar-refractivity contribution in [2.45, 2.75) is 77.6 Å². The molecule has 0 aliphatic heterocycles. The summed E-state index contributed by atoms with van der Waals surface area (Å²) in [5.41, 5.74) is 0.877. The maximum atomic E-state index is 13.6. The molecular weight excluding hydrogens is 529 g/mol. The van der Waals surface area contributed by atoms with E-state index in [1.54, 1.807) is 20.2 Å². The zero-order valence-corrected chi connectivity index (χ0v) is 24.7. The van der Waals surface area contributed by atoms with Gasteiger partial charge in [0.25, 0.3) is 5.91 Å². The van der Waals surface area contributed by atoms with E-state index in [1.807, 2.05) is 18.2 Å². The molecule has 1 aliphatic rings. The third kappa shape index (κ3) is 8.79. The van der Waals surface area contributed by atoms with Crippen molar-refractivity contribution in [3.05, 3.63) is 65.2 Å². The lowest BCUT2D eigenvalue weighted by molar-refractivity contribution is -0.137. The highest BCUT2D eigenvalue weighted by Crippen LogP contribution is 2.38. The van der Waals surface area contributed by atoms with Crippen LogP contribution in [0.1, 0.15) is 75.5 Å². The molecule has 0 saturated heterocycles. The van der Waals surface area contributed by atoms with Gasteiger partial charge in [0.05, 0.1) is 11.0 Å². The van der Waals surface area contributed by atoms with E-state index in [0.717, 1.165) is 56.3 Å². The molecule has 3 rings (SSSR count). The molecule has 3 N–H and O–H groups in total. The summed E-state index contributed by atoms with van der Waals surface area (Å²) in [6.45, 7) is 5.87. The third-order valence-corrected chi connectivity index (χ3v) is 8.22. The van der Waals surface area contributed by atoms with E-state index in [0.29, 0.717) is 30.1 Å². The Morgan fingerprint density at radius 1 is 1.05 bits per heavy atom. The van der Waals surface area contributed by atoms with Crippen molar-refractivity contribution in [1.82, 2.24) is 16.0 Å². The molecular formula is C32H45F3N4O2.